The summed E-state index contributed by atoms with van der Waals surface area (Å²) in [6, 6.07) is 7.52. The summed E-state index contributed by atoms with van der Waals surface area (Å²) in [7, 11) is 0. The topological polar surface area (TPSA) is 63.3 Å². The molecule has 0 aliphatic rings. The third-order valence-corrected chi connectivity index (χ3v) is 2.70. The maximum atomic E-state index is 11.2. The molecule has 0 aliphatic heterocycles. The van der Waals surface area contributed by atoms with Gasteiger partial charge in [-0.1, -0.05) is 36.3 Å². The van der Waals surface area contributed by atoms with E-state index in [-0.39, 0.29) is 5.56 Å². The molecule has 1 N–H and O–H groups in total. The minimum absolute atomic E-state index is 0.168. The largest absolute Gasteiger partial charge is 0.477 e. The summed E-state index contributed by atoms with van der Waals surface area (Å²) in [5.74, 6) is -0.586. The number of carboxylic acids is 1. The molecule has 4 heteroatoms. The highest BCUT2D eigenvalue weighted by Gasteiger charge is 2.22. The van der Waals surface area contributed by atoms with Crippen LogP contribution in [0.4, 0.5) is 0 Å². The predicted molar refractivity (Wildman–Crippen MR) is 63.0 cm³/mol. The molecular weight excluding hydrogens is 218 g/mol. The Balaban J connectivity index is 2.64. The van der Waals surface area contributed by atoms with Gasteiger partial charge in [-0.15, -0.1) is 0 Å². The van der Waals surface area contributed by atoms with Crippen LogP contribution in [0.1, 0.15) is 28.6 Å². The van der Waals surface area contributed by atoms with Crippen molar-refractivity contribution in [2.75, 3.05) is 0 Å². The fraction of sp³-hybridized carbons (Fsp3) is 0.231. The average Bonchev–Trinajstić information content (AvgIpc) is 2.73. The molecule has 2 rings (SSSR count). The first-order chi connectivity index (χ1) is 8.15. The molecule has 88 valence electrons. The number of aromatic carboxylic acids is 1. The Morgan fingerprint density at radius 2 is 2.12 bits per heavy atom. The highest BCUT2D eigenvalue weighted by molar-refractivity contribution is 5.96. The van der Waals surface area contributed by atoms with Crippen LogP contribution in [0.25, 0.3) is 11.3 Å². The fourth-order valence-electron chi connectivity index (χ4n) is 1.81. The third-order valence-electron chi connectivity index (χ3n) is 2.70. The Hall–Kier alpha value is -2.10. The van der Waals surface area contributed by atoms with Crippen molar-refractivity contribution in [3.63, 3.8) is 0 Å². The molecule has 0 amide bonds. The Morgan fingerprint density at radius 1 is 1.41 bits per heavy atom. The molecule has 1 heterocycles. The molecule has 2 aromatic rings. The van der Waals surface area contributed by atoms with Crippen LogP contribution in [0.3, 0.4) is 0 Å². The number of carbonyl (C=O) groups is 1. The van der Waals surface area contributed by atoms with Crippen LogP contribution < -0.4 is 0 Å². The lowest BCUT2D eigenvalue weighted by Crippen LogP contribution is -2.01. The van der Waals surface area contributed by atoms with Gasteiger partial charge in [0.25, 0.3) is 0 Å². The first-order valence-electron chi connectivity index (χ1n) is 5.43. The summed E-state index contributed by atoms with van der Waals surface area (Å²) in [5.41, 5.74) is 2.36. The van der Waals surface area contributed by atoms with Crippen LogP contribution in [0.5, 0.6) is 0 Å². The Morgan fingerprint density at radius 3 is 2.71 bits per heavy atom. The molecule has 0 saturated heterocycles. The van der Waals surface area contributed by atoms with E-state index in [1.165, 1.54) is 0 Å². The van der Waals surface area contributed by atoms with Crippen molar-refractivity contribution in [1.29, 1.82) is 0 Å². The zero-order chi connectivity index (χ0) is 12.4. The number of nitrogens with zero attached hydrogens (tertiary/aromatic N) is 1. The van der Waals surface area contributed by atoms with Crippen molar-refractivity contribution in [3.8, 4) is 11.3 Å². The molecule has 1 aromatic carbocycles. The van der Waals surface area contributed by atoms with Gasteiger partial charge in [0.2, 0.25) is 0 Å². The van der Waals surface area contributed by atoms with Gasteiger partial charge in [-0.2, -0.15) is 0 Å². The minimum Gasteiger partial charge on any atom is -0.477 e. The maximum absolute atomic E-state index is 11.2. The third kappa shape index (κ3) is 1.93. The van der Waals surface area contributed by atoms with Gasteiger partial charge in [0.1, 0.15) is 11.3 Å². The van der Waals surface area contributed by atoms with Gasteiger partial charge in [0, 0.05) is 12.0 Å². The second-order valence-electron chi connectivity index (χ2n) is 3.80. The van der Waals surface area contributed by atoms with Crippen LogP contribution in [0.2, 0.25) is 0 Å². The molecule has 0 spiro atoms. The molecule has 0 bridgehead atoms. The van der Waals surface area contributed by atoms with Crippen LogP contribution in [-0.2, 0) is 6.42 Å². The molecule has 1 aromatic heterocycles. The monoisotopic (exact) mass is 231 g/mol. The minimum atomic E-state index is -0.999. The number of aromatic nitrogens is 1. The van der Waals surface area contributed by atoms with Crippen LogP contribution in [-0.4, -0.2) is 16.2 Å². The fourth-order valence-corrected chi connectivity index (χ4v) is 1.81. The zero-order valence-electron chi connectivity index (χ0n) is 9.73. The maximum Gasteiger partial charge on any atom is 0.341 e. The highest BCUT2D eigenvalue weighted by Crippen LogP contribution is 2.28. The first kappa shape index (κ1) is 11.4. The molecule has 0 atom stereocenters. The molecule has 0 fully saturated rings. The van der Waals surface area contributed by atoms with Gasteiger partial charge in [0.05, 0.1) is 0 Å². The number of benzene rings is 1. The van der Waals surface area contributed by atoms with E-state index in [1.807, 2.05) is 38.1 Å². The molecule has 0 saturated carbocycles. The smallest absolute Gasteiger partial charge is 0.341 e. The van der Waals surface area contributed by atoms with Crippen molar-refractivity contribution in [1.82, 2.24) is 5.16 Å². The second kappa shape index (κ2) is 4.41. The Labute approximate surface area is 98.9 Å². The average molecular weight is 231 g/mol. The molecular formula is C13H13NO3. The van der Waals surface area contributed by atoms with Crippen LogP contribution in [0.15, 0.2) is 28.8 Å². The zero-order valence-corrected chi connectivity index (χ0v) is 9.73. The number of hydrogen-bond acceptors (Lipinski definition) is 3. The van der Waals surface area contributed by atoms with Gasteiger partial charge in [-0.25, -0.2) is 4.79 Å². The second-order valence-corrected chi connectivity index (χ2v) is 3.80. The Kier molecular flexibility index (Phi) is 2.95. The van der Waals surface area contributed by atoms with Gasteiger partial charge < -0.3 is 9.63 Å². The summed E-state index contributed by atoms with van der Waals surface area (Å²) in [6.45, 7) is 3.76. The van der Waals surface area contributed by atoms with Crippen molar-refractivity contribution in [2.24, 2.45) is 0 Å². The van der Waals surface area contributed by atoms with Gasteiger partial charge in [0.15, 0.2) is 5.76 Å². The SMILES string of the molecule is CCc1onc(-c2ccccc2C)c1C(=O)O. The van der Waals surface area contributed by atoms with Crippen molar-refractivity contribution < 1.29 is 14.4 Å². The molecule has 0 unspecified atom stereocenters. The van der Waals surface area contributed by atoms with E-state index < -0.39 is 5.97 Å². The lowest BCUT2D eigenvalue weighted by molar-refractivity contribution is 0.0695. The van der Waals surface area contributed by atoms with E-state index in [4.69, 9.17) is 4.52 Å². The van der Waals surface area contributed by atoms with Crippen LogP contribution >= 0.6 is 0 Å². The first-order valence-corrected chi connectivity index (χ1v) is 5.43. The summed E-state index contributed by atoms with van der Waals surface area (Å²) < 4.78 is 5.08. The molecule has 0 aliphatic carbocycles. The summed E-state index contributed by atoms with van der Waals surface area (Å²) in [6.07, 6.45) is 0.514. The highest BCUT2D eigenvalue weighted by atomic mass is 16.5. The van der Waals surface area contributed by atoms with E-state index in [1.54, 1.807) is 0 Å². The number of aryl methyl sites for hydroxylation is 2. The summed E-state index contributed by atoms with van der Waals surface area (Å²) in [4.78, 5) is 11.2. The summed E-state index contributed by atoms with van der Waals surface area (Å²) in [5, 5.41) is 13.1. The quantitative estimate of drug-likeness (QED) is 0.882. The lowest BCUT2D eigenvalue weighted by atomic mass is 10.0. The van der Waals surface area contributed by atoms with Gasteiger partial charge in [-0.05, 0) is 12.5 Å². The predicted octanol–water partition coefficient (Wildman–Crippen LogP) is 2.91. The number of rotatable bonds is 3. The van der Waals surface area contributed by atoms with E-state index in [2.05, 4.69) is 5.16 Å². The summed E-state index contributed by atoms with van der Waals surface area (Å²) >= 11 is 0. The van der Waals surface area contributed by atoms with Gasteiger partial charge >= 0.3 is 5.97 Å². The van der Waals surface area contributed by atoms with E-state index in [0.29, 0.717) is 17.9 Å². The molecule has 0 radical (unpaired) electrons. The van der Waals surface area contributed by atoms with Crippen molar-refractivity contribution in [2.45, 2.75) is 20.3 Å². The standard InChI is InChI=1S/C13H13NO3/c1-3-10-11(13(15)16)12(14-17-10)9-7-5-4-6-8(9)2/h4-7H,3H2,1-2H3,(H,15,16). The van der Waals surface area contributed by atoms with E-state index in [0.717, 1.165) is 11.1 Å². The number of carboxylic acid groups (broad SMARTS) is 1. The normalized spacial score (nSPS) is 10.5. The molecule has 4 nitrogen and oxygen atoms in total. The lowest BCUT2D eigenvalue weighted by Gasteiger charge is -2.02. The van der Waals surface area contributed by atoms with E-state index in [9.17, 15) is 9.90 Å². The van der Waals surface area contributed by atoms with Crippen molar-refractivity contribution >= 4 is 5.97 Å². The molecule has 17 heavy (non-hydrogen) atoms. The number of hydrogen-bond donors (Lipinski definition) is 1. The van der Waals surface area contributed by atoms with Gasteiger partial charge in [-0.3, -0.25) is 0 Å². The van der Waals surface area contributed by atoms with Crippen molar-refractivity contribution in [3.05, 3.63) is 41.2 Å². The van der Waals surface area contributed by atoms with Crippen LogP contribution in [0, 0.1) is 6.92 Å². The van der Waals surface area contributed by atoms with E-state index >= 15 is 0 Å². The Bertz CT molecular complexity index is 558.